The molecule has 7 heteroatoms. The number of aryl methyl sites for hydroxylation is 3. The summed E-state index contributed by atoms with van der Waals surface area (Å²) in [6.45, 7) is 7.37. The van der Waals surface area contributed by atoms with Crippen molar-refractivity contribution >= 4 is 17.4 Å². The molecule has 2 N–H and O–H groups in total. The molecule has 0 spiro atoms. The first-order chi connectivity index (χ1) is 11.6. The number of urea groups is 1. The molecule has 6 nitrogen and oxygen atoms in total. The minimum Gasteiger partial charge on any atom is -0.333 e. The molecule has 130 valence electrons. The molecule has 1 fully saturated rings. The number of hydrogen-bond donors (Lipinski definition) is 2. The number of thiazole rings is 1. The number of H-pyrrole nitrogens is 1. The number of aromatic nitrogens is 3. The van der Waals surface area contributed by atoms with Crippen LogP contribution >= 0.6 is 11.3 Å². The fraction of sp³-hybridized carbons (Fsp3) is 0.588. The van der Waals surface area contributed by atoms with Gasteiger partial charge >= 0.3 is 6.03 Å². The number of carbonyl (C=O) groups excluding carboxylic acids is 1. The molecule has 2 aromatic heterocycles. The van der Waals surface area contributed by atoms with Crippen LogP contribution in [0.3, 0.4) is 0 Å². The molecule has 0 bridgehead atoms. The molecule has 0 unspecified atom stereocenters. The average molecular weight is 347 g/mol. The standard InChI is InChI=1S/C17H25N5OS/c1-11-15(24-10-19-11)9-18-17(23)22-8-6-4-5-7-14(22)16-12(2)20-21-13(16)3/h10,14H,4-9H2,1-3H3,(H,18,23)(H,20,21)/t14-/m1/s1. The predicted octanol–water partition coefficient (Wildman–Crippen LogP) is 3.62. The summed E-state index contributed by atoms with van der Waals surface area (Å²) in [6.07, 6.45) is 4.37. The van der Waals surface area contributed by atoms with E-state index in [-0.39, 0.29) is 12.1 Å². The van der Waals surface area contributed by atoms with Crippen LogP contribution in [-0.2, 0) is 6.54 Å². The Kier molecular flexibility index (Phi) is 5.18. The van der Waals surface area contributed by atoms with Crippen molar-refractivity contribution in [2.24, 2.45) is 0 Å². The van der Waals surface area contributed by atoms with Gasteiger partial charge in [0.05, 0.1) is 29.5 Å². The number of amides is 2. The van der Waals surface area contributed by atoms with Gasteiger partial charge in [-0.1, -0.05) is 12.8 Å². The van der Waals surface area contributed by atoms with Crippen LogP contribution in [0.1, 0.15) is 59.2 Å². The Bertz CT molecular complexity index is 688. The number of rotatable bonds is 3. The van der Waals surface area contributed by atoms with E-state index in [4.69, 9.17) is 0 Å². The van der Waals surface area contributed by atoms with E-state index in [9.17, 15) is 4.79 Å². The summed E-state index contributed by atoms with van der Waals surface area (Å²) >= 11 is 1.59. The number of nitrogens with one attached hydrogen (secondary N) is 2. The predicted molar refractivity (Wildman–Crippen MR) is 95.1 cm³/mol. The van der Waals surface area contributed by atoms with Crippen LogP contribution in [-0.4, -0.2) is 32.7 Å². The molecule has 1 saturated heterocycles. The molecular weight excluding hydrogens is 322 g/mol. The van der Waals surface area contributed by atoms with E-state index in [2.05, 4.69) is 20.5 Å². The van der Waals surface area contributed by atoms with Crippen molar-refractivity contribution in [3.63, 3.8) is 0 Å². The number of carbonyl (C=O) groups is 1. The van der Waals surface area contributed by atoms with Gasteiger partial charge in [-0.3, -0.25) is 5.10 Å². The van der Waals surface area contributed by atoms with Crippen LogP contribution < -0.4 is 5.32 Å². The lowest BCUT2D eigenvalue weighted by Crippen LogP contribution is -2.42. The maximum atomic E-state index is 12.9. The summed E-state index contributed by atoms with van der Waals surface area (Å²) in [5, 5.41) is 10.5. The monoisotopic (exact) mass is 347 g/mol. The van der Waals surface area contributed by atoms with Gasteiger partial charge in [0.1, 0.15) is 0 Å². The number of aromatic amines is 1. The molecule has 3 rings (SSSR count). The molecule has 2 amide bonds. The molecule has 0 aromatic carbocycles. The van der Waals surface area contributed by atoms with E-state index < -0.39 is 0 Å². The van der Waals surface area contributed by atoms with Gasteiger partial charge in [-0.2, -0.15) is 5.10 Å². The maximum absolute atomic E-state index is 12.9. The lowest BCUT2D eigenvalue weighted by atomic mass is 9.99. The fourth-order valence-electron chi connectivity index (χ4n) is 3.46. The lowest BCUT2D eigenvalue weighted by molar-refractivity contribution is 0.175. The summed E-state index contributed by atoms with van der Waals surface area (Å²) in [7, 11) is 0. The van der Waals surface area contributed by atoms with E-state index in [0.29, 0.717) is 6.54 Å². The Labute approximate surface area is 146 Å². The second-order valence-electron chi connectivity index (χ2n) is 6.43. The van der Waals surface area contributed by atoms with Gasteiger partial charge in [-0.15, -0.1) is 11.3 Å². The Hall–Kier alpha value is -1.89. The van der Waals surface area contributed by atoms with Crippen molar-refractivity contribution < 1.29 is 4.79 Å². The van der Waals surface area contributed by atoms with Gasteiger partial charge < -0.3 is 10.2 Å². The number of hydrogen-bond acceptors (Lipinski definition) is 4. The van der Waals surface area contributed by atoms with Crippen LogP contribution in [0.4, 0.5) is 4.79 Å². The normalized spacial score (nSPS) is 18.5. The first-order valence-electron chi connectivity index (χ1n) is 8.53. The maximum Gasteiger partial charge on any atom is 0.318 e. The van der Waals surface area contributed by atoms with Crippen molar-refractivity contribution in [2.45, 2.75) is 59.0 Å². The van der Waals surface area contributed by atoms with Gasteiger partial charge in [0, 0.05) is 22.7 Å². The Balaban J connectivity index is 1.77. The molecule has 1 aliphatic rings. The summed E-state index contributed by atoms with van der Waals surface area (Å²) < 4.78 is 0. The second kappa shape index (κ2) is 7.34. The summed E-state index contributed by atoms with van der Waals surface area (Å²) in [5.41, 5.74) is 6.06. The van der Waals surface area contributed by atoms with Crippen LogP contribution in [0.25, 0.3) is 0 Å². The quantitative estimate of drug-likeness (QED) is 0.890. The smallest absolute Gasteiger partial charge is 0.318 e. The highest BCUT2D eigenvalue weighted by molar-refractivity contribution is 7.09. The first-order valence-corrected chi connectivity index (χ1v) is 9.40. The Morgan fingerprint density at radius 2 is 2.17 bits per heavy atom. The van der Waals surface area contributed by atoms with Crippen molar-refractivity contribution in [1.82, 2.24) is 25.4 Å². The molecule has 2 aromatic rings. The van der Waals surface area contributed by atoms with E-state index >= 15 is 0 Å². The second-order valence-corrected chi connectivity index (χ2v) is 7.37. The largest absolute Gasteiger partial charge is 0.333 e. The molecular formula is C17H25N5OS. The zero-order valence-corrected chi connectivity index (χ0v) is 15.4. The highest BCUT2D eigenvalue weighted by atomic mass is 32.1. The third kappa shape index (κ3) is 3.45. The van der Waals surface area contributed by atoms with Crippen molar-refractivity contribution in [3.8, 4) is 0 Å². The molecule has 1 atom stereocenters. The molecule has 0 radical (unpaired) electrons. The zero-order chi connectivity index (χ0) is 17.1. The van der Waals surface area contributed by atoms with Gasteiger partial charge in [-0.05, 0) is 33.6 Å². The average Bonchev–Trinajstić information content (AvgIpc) is 3.02. The third-order valence-electron chi connectivity index (χ3n) is 4.78. The molecule has 1 aliphatic heterocycles. The summed E-state index contributed by atoms with van der Waals surface area (Å²) in [4.78, 5) is 20.2. The van der Waals surface area contributed by atoms with Crippen molar-refractivity contribution in [2.75, 3.05) is 6.54 Å². The molecule has 0 saturated carbocycles. The highest BCUT2D eigenvalue weighted by Crippen LogP contribution is 2.33. The van der Waals surface area contributed by atoms with E-state index in [0.717, 1.165) is 47.8 Å². The minimum atomic E-state index is 0.00898. The van der Waals surface area contributed by atoms with E-state index in [1.807, 2.05) is 31.2 Å². The third-order valence-corrected chi connectivity index (χ3v) is 5.71. The van der Waals surface area contributed by atoms with Crippen molar-refractivity contribution in [1.29, 1.82) is 0 Å². The lowest BCUT2D eigenvalue weighted by Gasteiger charge is -2.30. The summed E-state index contributed by atoms with van der Waals surface area (Å²) in [5.74, 6) is 0. The van der Waals surface area contributed by atoms with Crippen LogP contribution in [0, 0.1) is 20.8 Å². The fourth-order valence-corrected chi connectivity index (χ4v) is 4.17. The SMILES string of the molecule is Cc1ncsc1CNC(=O)N1CCCCC[C@@H]1c1c(C)n[nH]c1C. The number of likely N-dealkylation sites (tertiary alicyclic amines) is 1. The minimum absolute atomic E-state index is 0.00898. The molecule has 3 heterocycles. The topological polar surface area (TPSA) is 73.9 Å². The van der Waals surface area contributed by atoms with Crippen LogP contribution in [0.15, 0.2) is 5.51 Å². The van der Waals surface area contributed by atoms with E-state index in [1.165, 1.54) is 12.0 Å². The van der Waals surface area contributed by atoms with Crippen LogP contribution in [0.5, 0.6) is 0 Å². The summed E-state index contributed by atoms with van der Waals surface area (Å²) in [6, 6.07) is 0.114. The molecule has 24 heavy (non-hydrogen) atoms. The molecule has 0 aliphatic carbocycles. The van der Waals surface area contributed by atoms with Gasteiger partial charge in [0.2, 0.25) is 0 Å². The highest BCUT2D eigenvalue weighted by Gasteiger charge is 2.30. The first kappa shape index (κ1) is 17.0. The zero-order valence-electron chi connectivity index (χ0n) is 14.6. The van der Waals surface area contributed by atoms with Crippen molar-refractivity contribution in [3.05, 3.63) is 33.0 Å². The number of nitrogens with zero attached hydrogens (tertiary/aromatic N) is 3. The Morgan fingerprint density at radius 3 is 2.83 bits per heavy atom. The van der Waals surface area contributed by atoms with Crippen LogP contribution in [0.2, 0.25) is 0 Å². The van der Waals surface area contributed by atoms with E-state index in [1.54, 1.807) is 11.3 Å². The van der Waals surface area contributed by atoms with Gasteiger partial charge in [-0.25, -0.2) is 9.78 Å². The van der Waals surface area contributed by atoms with Gasteiger partial charge in [0.15, 0.2) is 0 Å². The van der Waals surface area contributed by atoms with Gasteiger partial charge in [0.25, 0.3) is 0 Å². The Morgan fingerprint density at radius 1 is 1.33 bits per heavy atom.